The number of hydrogen-bond acceptors (Lipinski definition) is 6. The van der Waals surface area contributed by atoms with E-state index in [2.05, 4.69) is 17.0 Å². The molecule has 0 bridgehead atoms. The van der Waals surface area contributed by atoms with Crippen LogP contribution in [0.1, 0.15) is 24.0 Å². The minimum Gasteiger partial charge on any atom is -0.368 e. The summed E-state index contributed by atoms with van der Waals surface area (Å²) in [5.74, 6) is 0.733. The van der Waals surface area contributed by atoms with Crippen LogP contribution in [0.3, 0.4) is 0 Å². The van der Waals surface area contributed by atoms with Gasteiger partial charge in [-0.1, -0.05) is 54.2 Å². The Balaban J connectivity index is 1.11. The minimum absolute atomic E-state index is 0.0561. The van der Waals surface area contributed by atoms with Crippen LogP contribution in [0.15, 0.2) is 88.8 Å². The molecule has 198 valence electrons. The van der Waals surface area contributed by atoms with Gasteiger partial charge in [-0.25, -0.2) is 14.3 Å². The average molecular weight is 542 g/mol. The van der Waals surface area contributed by atoms with Crippen LogP contribution in [0.2, 0.25) is 0 Å². The fourth-order valence-electron chi connectivity index (χ4n) is 5.09. The first-order chi connectivity index (χ1) is 19.1. The molecule has 9 heteroatoms. The van der Waals surface area contributed by atoms with Crippen molar-refractivity contribution in [1.82, 2.24) is 9.80 Å². The highest BCUT2D eigenvalue weighted by molar-refractivity contribution is 8.13. The molecule has 3 aromatic rings. The van der Waals surface area contributed by atoms with Crippen LogP contribution in [0.4, 0.5) is 15.8 Å². The molecule has 3 heterocycles. The van der Waals surface area contributed by atoms with E-state index < -0.39 is 6.04 Å². The second kappa shape index (κ2) is 11.0. The Hall–Kier alpha value is -3.98. The molecule has 7 nitrogen and oxygen atoms in total. The van der Waals surface area contributed by atoms with Crippen LogP contribution in [-0.2, 0) is 15.3 Å². The van der Waals surface area contributed by atoms with Gasteiger partial charge in [-0.05, 0) is 48.4 Å². The van der Waals surface area contributed by atoms with E-state index in [1.807, 2.05) is 47.4 Å². The van der Waals surface area contributed by atoms with Gasteiger partial charge < -0.3 is 9.80 Å². The molecule has 0 N–H and O–H groups in total. The molecule has 3 aromatic carbocycles. The standard InChI is InChI=1S/C30H28FN5O2S/c31-22-12-10-21(11-13-22)20-39-30-33-25-9-5-4-8-24(25)28-32-26(29(38)36(28)30)14-15-27(37)35-18-16-34(17-19-35)23-6-2-1-3-7-23/h1-13,26H,14-20H2/t26-/m0/s1. The summed E-state index contributed by atoms with van der Waals surface area (Å²) in [6.45, 7) is 2.90. The van der Waals surface area contributed by atoms with E-state index >= 15 is 0 Å². The Labute approximate surface area is 231 Å². The van der Waals surface area contributed by atoms with Crippen molar-refractivity contribution in [2.45, 2.75) is 24.6 Å². The van der Waals surface area contributed by atoms with E-state index in [0.717, 1.165) is 29.9 Å². The van der Waals surface area contributed by atoms with Gasteiger partial charge in [0.2, 0.25) is 5.91 Å². The smallest absolute Gasteiger partial charge is 0.259 e. The average Bonchev–Trinajstić information content (AvgIpc) is 3.32. The number of thioether (sulfide) groups is 1. The zero-order valence-electron chi connectivity index (χ0n) is 21.4. The Bertz CT molecular complexity index is 1440. The third-order valence-corrected chi connectivity index (χ3v) is 8.22. The van der Waals surface area contributed by atoms with Crippen LogP contribution in [0.25, 0.3) is 0 Å². The molecule has 0 saturated carbocycles. The van der Waals surface area contributed by atoms with Crippen molar-refractivity contribution in [3.05, 3.63) is 95.8 Å². The summed E-state index contributed by atoms with van der Waals surface area (Å²) in [5.41, 5.74) is 3.67. The highest BCUT2D eigenvalue weighted by atomic mass is 32.2. The van der Waals surface area contributed by atoms with E-state index in [1.54, 1.807) is 17.0 Å². The summed E-state index contributed by atoms with van der Waals surface area (Å²) in [5, 5.41) is 0.549. The fourth-order valence-corrected chi connectivity index (χ4v) is 6.04. The third-order valence-electron chi connectivity index (χ3n) is 7.21. The van der Waals surface area contributed by atoms with Gasteiger partial charge in [0.1, 0.15) is 17.7 Å². The number of halogens is 1. The molecule has 1 saturated heterocycles. The molecule has 1 fully saturated rings. The van der Waals surface area contributed by atoms with Gasteiger partial charge in [0.25, 0.3) is 5.91 Å². The first-order valence-electron chi connectivity index (χ1n) is 13.1. The predicted octanol–water partition coefficient (Wildman–Crippen LogP) is 4.85. The number of aliphatic imine (C=N–C) groups is 2. The fraction of sp³-hybridized carbons (Fsp3) is 0.267. The van der Waals surface area contributed by atoms with Crippen LogP contribution < -0.4 is 4.90 Å². The maximum absolute atomic E-state index is 13.5. The summed E-state index contributed by atoms with van der Waals surface area (Å²) < 4.78 is 13.3. The molecule has 0 spiro atoms. The number of para-hydroxylation sites is 2. The minimum atomic E-state index is -0.627. The molecule has 1 atom stereocenters. The zero-order chi connectivity index (χ0) is 26.8. The second-order valence-corrected chi connectivity index (χ2v) is 10.7. The number of piperazine rings is 1. The molecule has 39 heavy (non-hydrogen) atoms. The van der Waals surface area contributed by atoms with Gasteiger partial charge in [-0.15, -0.1) is 0 Å². The molecule has 0 unspecified atom stereocenters. The molecular weight excluding hydrogens is 513 g/mol. The van der Waals surface area contributed by atoms with Gasteiger partial charge >= 0.3 is 0 Å². The van der Waals surface area contributed by atoms with Crippen molar-refractivity contribution in [3.63, 3.8) is 0 Å². The van der Waals surface area contributed by atoms with Crippen molar-refractivity contribution in [1.29, 1.82) is 0 Å². The quantitative estimate of drug-likeness (QED) is 0.448. The van der Waals surface area contributed by atoms with E-state index in [-0.39, 0.29) is 24.1 Å². The number of fused-ring (bicyclic) bond motifs is 3. The number of anilines is 1. The van der Waals surface area contributed by atoms with Gasteiger partial charge in [0, 0.05) is 49.6 Å². The van der Waals surface area contributed by atoms with Gasteiger partial charge in [-0.3, -0.25) is 14.6 Å². The molecule has 6 rings (SSSR count). The monoisotopic (exact) mass is 541 g/mol. The third kappa shape index (κ3) is 5.31. The molecule has 3 aliphatic rings. The van der Waals surface area contributed by atoms with E-state index in [1.165, 1.54) is 29.6 Å². The number of carbonyl (C=O) groups is 2. The van der Waals surface area contributed by atoms with E-state index in [4.69, 9.17) is 9.98 Å². The maximum atomic E-state index is 13.5. The zero-order valence-corrected chi connectivity index (χ0v) is 22.2. The number of amidine groups is 2. The molecule has 3 aliphatic heterocycles. The first kappa shape index (κ1) is 25.3. The SMILES string of the molecule is O=C(CC[C@@H]1N=C2c3ccccc3N=C(SCc3ccc(F)cc3)N2C1=O)N1CCN(c2ccccc2)CC1. The number of benzene rings is 3. The van der Waals surface area contributed by atoms with Crippen molar-refractivity contribution in [3.8, 4) is 0 Å². The summed E-state index contributed by atoms with van der Waals surface area (Å²) in [7, 11) is 0. The van der Waals surface area contributed by atoms with E-state index in [0.29, 0.717) is 36.3 Å². The number of rotatable bonds is 6. The summed E-state index contributed by atoms with van der Waals surface area (Å²) in [6, 6.07) is 23.5. The topological polar surface area (TPSA) is 68.6 Å². The highest BCUT2D eigenvalue weighted by Gasteiger charge is 2.41. The largest absolute Gasteiger partial charge is 0.368 e. The van der Waals surface area contributed by atoms with Gasteiger partial charge in [0.05, 0.1) is 5.69 Å². The lowest BCUT2D eigenvalue weighted by Crippen LogP contribution is -2.49. The number of carbonyl (C=O) groups excluding carboxylic acids is 2. The van der Waals surface area contributed by atoms with Crippen molar-refractivity contribution < 1.29 is 14.0 Å². The maximum Gasteiger partial charge on any atom is 0.259 e. The summed E-state index contributed by atoms with van der Waals surface area (Å²) in [6.07, 6.45) is 0.623. The molecule has 0 radical (unpaired) electrons. The highest BCUT2D eigenvalue weighted by Crippen LogP contribution is 2.35. The van der Waals surface area contributed by atoms with Gasteiger partial charge in [-0.2, -0.15) is 0 Å². The summed E-state index contributed by atoms with van der Waals surface area (Å²) in [4.78, 5) is 41.9. The van der Waals surface area contributed by atoms with Crippen LogP contribution in [0, 0.1) is 5.82 Å². The number of hydrogen-bond donors (Lipinski definition) is 0. The van der Waals surface area contributed by atoms with Crippen LogP contribution in [-0.4, -0.2) is 64.8 Å². The van der Waals surface area contributed by atoms with Gasteiger partial charge in [0.15, 0.2) is 5.17 Å². The molecule has 0 aliphatic carbocycles. The van der Waals surface area contributed by atoms with Crippen molar-refractivity contribution in [2.75, 3.05) is 31.1 Å². The Morgan fingerprint density at radius 2 is 1.64 bits per heavy atom. The summed E-state index contributed by atoms with van der Waals surface area (Å²) >= 11 is 1.42. The lowest BCUT2D eigenvalue weighted by molar-refractivity contribution is -0.131. The Morgan fingerprint density at radius 1 is 0.923 bits per heavy atom. The van der Waals surface area contributed by atoms with Crippen LogP contribution in [0.5, 0.6) is 0 Å². The normalized spacial score (nSPS) is 18.4. The number of nitrogens with zero attached hydrogens (tertiary/aromatic N) is 5. The number of amides is 2. The van der Waals surface area contributed by atoms with Crippen molar-refractivity contribution >= 4 is 46.0 Å². The van der Waals surface area contributed by atoms with Crippen LogP contribution >= 0.6 is 11.8 Å². The Kier molecular flexibility index (Phi) is 7.15. The predicted molar refractivity (Wildman–Crippen MR) is 153 cm³/mol. The lowest BCUT2D eigenvalue weighted by Gasteiger charge is -2.36. The van der Waals surface area contributed by atoms with Crippen molar-refractivity contribution in [2.24, 2.45) is 9.98 Å². The molecular formula is C30H28FN5O2S. The first-order valence-corrected chi connectivity index (χ1v) is 14.1. The molecule has 2 amide bonds. The van der Waals surface area contributed by atoms with E-state index in [9.17, 15) is 14.0 Å². The lowest BCUT2D eigenvalue weighted by atomic mass is 10.1. The molecule has 0 aromatic heterocycles. The second-order valence-electron chi connectivity index (χ2n) is 9.71. The Morgan fingerprint density at radius 3 is 2.41 bits per heavy atom.